The van der Waals surface area contributed by atoms with Gasteiger partial charge in [0.15, 0.2) is 0 Å². The highest BCUT2D eigenvalue weighted by molar-refractivity contribution is 8.13. The summed E-state index contributed by atoms with van der Waals surface area (Å²) in [5.74, 6) is -1.97. The number of anilines is 1. The first-order chi connectivity index (χ1) is 9.01. The van der Waals surface area contributed by atoms with Gasteiger partial charge in [0.1, 0.15) is 0 Å². The van der Waals surface area contributed by atoms with Gasteiger partial charge in [-0.3, -0.25) is 4.79 Å². The molecule has 0 bridgehead atoms. The first-order valence-electron chi connectivity index (χ1n) is 5.50. The second kappa shape index (κ2) is 4.63. The van der Waals surface area contributed by atoms with Crippen molar-refractivity contribution in [3.63, 3.8) is 0 Å². The molecular formula is C11H9ClF3NO3S. The largest absolute Gasteiger partial charge is 0.471 e. The molecule has 1 atom stereocenters. The van der Waals surface area contributed by atoms with Crippen LogP contribution >= 0.6 is 10.7 Å². The third kappa shape index (κ3) is 2.62. The summed E-state index contributed by atoms with van der Waals surface area (Å²) < 4.78 is 60.0. The van der Waals surface area contributed by atoms with E-state index in [2.05, 4.69) is 0 Å². The third-order valence-electron chi connectivity index (χ3n) is 3.01. The second-order valence-corrected chi connectivity index (χ2v) is 7.02. The van der Waals surface area contributed by atoms with Crippen molar-refractivity contribution in [2.24, 2.45) is 0 Å². The van der Waals surface area contributed by atoms with Crippen LogP contribution in [-0.2, 0) is 20.3 Å². The number of rotatable bonds is 1. The van der Waals surface area contributed by atoms with Gasteiger partial charge in [0.05, 0.1) is 4.90 Å². The van der Waals surface area contributed by atoms with Crippen LogP contribution in [0.15, 0.2) is 23.1 Å². The smallest absolute Gasteiger partial charge is 0.301 e. The van der Waals surface area contributed by atoms with E-state index in [1.807, 2.05) is 0 Å². The Morgan fingerprint density at radius 3 is 2.50 bits per heavy atom. The number of carbonyl (C=O) groups is 1. The number of amides is 1. The molecule has 0 fully saturated rings. The van der Waals surface area contributed by atoms with Gasteiger partial charge in [0.25, 0.3) is 9.05 Å². The molecule has 1 aromatic rings. The van der Waals surface area contributed by atoms with Crippen molar-refractivity contribution in [1.29, 1.82) is 0 Å². The van der Waals surface area contributed by atoms with Crippen molar-refractivity contribution in [3.05, 3.63) is 23.8 Å². The maximum atomic E-state index is 12.5. The molecule has 0 unspecified atom stereocenters. The fourth-order valence-electron chi connectivity index (χ4n) is 2.21. The van der Waals surface area contributed by atoms with Crippen molar-refractivity contribution in [2.45, 2.75) is 30.5 Å². The molecule has 0 radical (unpaired) electrons. The molecule has 0 aromatic heterocycles. The quantitative estimate of drug-likeness (QED) is 0.745. The van der Waals surface area contributed by atoms with Gasteiger partial charge in [-0.2, -0.15) is 13.2 Å². The Morgan fingerprint density at radius 2 is 2.00 bits per heavy atom. The summed E-state index contributed by atoms with van der Waals surface area (Å²) in [6.45, 7) is 1.46. The Balaban J connectivity index is 2.48. The normalized spacial score (nSPS) is 19.1. The molecule has 4 nitrogen and oxygen atoms in total. The van der Waals surface area contributed by atoms with Crippen LogP contribution in [0.4, 0.5) is 18.9 Å². The summed E-state index contributed by atoms with van der Waals surface area (Å²) in [6.07, 6.45) is -4.84. The molecule has 0 saturated heterocycles. The van der Waals surface area contributed by atoms with Gasteiger partial charge in [-0.1, -0.05) is 0 Å². The van der Waals surface area contributed by atoms with E-state index in [0.29, 0.717) is 10.5 Å². The summed E-state index contributed by atoms with van der Waals surface area (Å²) in [5.41, 5.74) is 0.403. The van der Waals surface area contributed by atoms with Gasteiger partial charge in [0, 0.05) is 22.4 Å². The van der Waals surface area contributed by atoms with Crippen LogP contribution in [0.3, 0.4) is 0 Å². The number of hydrogen-bond donors (Lipinski definition) is 0. The van der Waals surface area contributed by atoms with E-state index >= 15 is 0 Å². The van der Waals surface area contributed by atoms with Crippen molar-refractivity contribution < 1.29 is 26.4 Å². The molecule has 9 heteroatoms. The van der Waals surface area contributed by atoms with E-state index in [1.54, 1.807) is 0 Å². The number of benzene rings is 1. The topological polar surface area (TPSA) is 54.5 Å². The molecule has 0 aliphatic carbocycles. The second-order valence-electron chi connectivity index (χ2n) is 4.45. The summed E-state index contributed by atoms with van der Waals surface area (Å²) in [6, 6.07) is 2.73. The van der Waals surface area contributed by atoms with Gasteiger partial charge in [-0.25, -0.2) is 8.42 Å². The zero-order valence-corrected chi connectivity index (χ0v) is 11.7. The van der Waals surface area contributed by atoms with Crippen molar-refractivity contribution in [2.75, 3.05) is 4.90 Å². The molecule has 110 valence electrons. The van der Waals surface area contributed by atoms with Crippen molar-refractivity contribution in [3.8, 4) is 0 Å². The lowest BCUT2D eigenvalue weighted by atomic mass is 10.1. The van der Waals surface area contributed by atoms with E-state index < -0.39 is 27.2 Å². The van der Waals surface area contributed by atoms with Crippen LogP contribution in [0.5, 0.6) is 0 Å². The van der Waals surface area contributed by atoms with Gasteiger partial charge >= 0.3 is 12.1 Å². The van der Waals surface area contributed by atoms with Crippen LogP contribution in [0.2, 0.25) is 0 Å². The number of alkyl halides is 3. The highest BCUT2D eigenvalue weighted by Crippen LogP contribution is 2.37. The van der Waals surface area contributed by atoms with E-state index in [4.69, 9.17) is 10.7 Å². The maximum Gasteiger partial charge on any atom is 0.471 e. The molecule has 20 heavy (non-hydrogen) atoms. The number of fused-ring (bicyclic) bond motifs is 1. The lowest BCUT2D eigenvalue weighted by Gasteiger charge is -2.23. The fraction of sp³-hybridized carbons (Fsp3) is 0.364. The number of halogens is 4. The van der Waals surface area contributed by atoms with Gasteiger partial charge in [-0.15, -0.1) is 0 Å². The van der Waals surface area contributed by atoms with Crippen LogP contribution in [0.1, 0.15) is 12.5 Å². The van der Waals surface area contributed by atoms with Crippen LogP contribution in [0, 0.1) is 0 Å². The van der Waals surface area contributed by atoms with Crippen molar-refractivity contribution in [1.82, 2.24) is 0 Å². The van der Waals surface area contributed by atoms with Gasteiger partial charge in [0.2, 0.25) is 0 Å². The van der Waals surface area contributed by atoms with Crippen LogP contribution in [-0.4, -0.2) is 26.5 Å². The van der Waals surface area contributed by atoms with Crippen LogP contribution in [0.25, 0.3) is 0 Å². The number of carbonyl (C=O) groups excluding carboxylic acids is 1. The Bertz CT molecular complexity index is 672. The average molecular weight is 328 g/mol. The molecule has 1 aliphatic rings. The highest BCUT2D eigenvalue weighted by Gasteiger charge is 2.47. The van der Waals surface area contributed by atoms with E-state index in [0.717, 1.165) is 12.1 Å². The molecular weight excluding hydrogens is 319 g/mol. The third-order valence-corrected chi connectivity index (χ3v) is 4.36. The summed E-state index contributed by atoms with van der Waals surface area (Å²) in [5, 5.41) is 0. The van der Waals surface area contributed by atoms with Gasteiger partial charge < -0.3 is 4.90 Å². The van der Waals surface area contributed by atoms with Gasteiger partial charge in [-0.05, 0) is 37.1 Å². The molecule has 1 amide bonds. The SMILES string of the molecule is C[C@H]1Cc2cc(S(=O)(=O)Cl)ccc2N1C(=O)C(F)(F)F. The molecule has 1 aromatic carbocycles. The predicted octanol–water partition coefficient (Wildman–Crippen LogP) is 2.45. The Morgan fingerprint density at radius 1 is 1.40 bits per heavy atom. The summed E-state index contributed by atoms with van der Waals surface area (Å²) in [7, 11) is 1.22. The molecule has 2 rings (SSSR count). The Hall–Kier alpha value is -1.28. The minimum atomic E-state index is -4.98. The standard InChI is InChI=1S/C11H9ClF3NO3S/c1-6-4-7-5-8(20(12,18)19)2-3-9(7)16(6)10(17)11(13,14)15/h2-3,5-6H,4H2,1H3/t6-/m0/s1. The maximum absolute atomic E-state index is 12.5. The molecule has 1 heterocycles. The van der Waals surface area contributed by atoms with E-state index in [-0.39, 0.29) is 17.0 Å². The zero-order valence-electron chi connectivity index (χ0n) is 10.1. The fourth-order valence-corrected chi connectivity index (χ4v) is 3.01. The minimum Gasteiger partial charge on any atom is -0.301 e. The predicted molar refractivity (Wildman–Crippen MR) is 66.2 cm³/mol. The average Bonchev–Trinajstić information content (AvgIpc) is 2.60. The molecule has 0 saturated carbocycles. The first kappa shape index (κ1) is 15.1. The number of hydrogen-bond acceptors (Lipinski definition) is 3. The summed E-state index contributed by atoms with van der Waals surface area (Å²) >= 11 is 0. The summed E-state index contributed by atoms with van der Waals surface area (Å²) in [4.78, 5) is 11.8. The first-order valence-corrected chi connectivity index (χ1v) is 7.80. The lowest BCUT2D eigenvalue weighted by molar-refractivity contribution is -0.170. The number of nitrogens with zero attached hydrogens (tertiary/aromatic N) is 1. The Kier molecular flexibility index (Phi) is 3.50. The molecule has 0 spiro atoms. The minimum absolute atomic E-state index is 0.0592. The lowest BCUT2D eigenvalue weighted by Crippen LogP contribution is -2.44. The zero-order chi connectivity index (χ0) is 15.3. The van der Waals surface area contributed by atoms with Crippen LogP contribution < -0.4 is 4.90 Å². The molecule has 0 N–H and O–H groups in total. The van der Waals surface area contributed by atoms with Crippen molar-refractivity contribution >= 4 is 31.3 Å². The Labute approximate surface area is 117 Å². The molecule has 1 aliphatic heterocycles. The van der Waals surface area contributed by atoms with E-state index in [9.17, 15) is 26.4 Å². The van der Waals surface area contributed by atoms with E-state index in [1.165, 1.54) is 13.0 Å². The highest BCUT2D eigenvalue weighted by atomic mass is 35.7. The monoisotopic (exact) mass is 327 g/mol.